The highest BCUT2D eigenvalue weighted by Gasteiger charge is 2.27. The second-order valence-corrected chi connectivity index (χ2v) is 11.1. The maximum absolute atomic E-state index is 13.6. The van der Waals surface area contributed by atoms with Gasteiger partial charge in [-0.2, -0.15) is 0 Å². The summed E-state index contributed by atoms with van der Waals surface area (Å²) in [6.45, 7) is 0. The topological polar surface area (TPSA) is 99.4 Å². The van der Waals surface area contributed by atoms with Gasteiger partial charge < -0.3 is 37.6 Å². The predicted molar refractivity (Wildman–Crippen MR) is 184 cm³/mol. The summed E-state index contributed by atoms with van der Waals surface area (Å²) in [5.74, 6) is 1.47. The van der Waals surface area contributed by atoms with Crippen molar-refractivity contribution in [1.82, 2.24) is 9.13 Å². The summed E-state index contributed by atoms with van der Waals surface area (Å²) in [6, 6.07) is 26.4. The number of esters is 2. The highest BCUT2D eigenvalue weighted by Crippen LogP contribution is 2.41. The third-order valence-corrected chi connectivity index (χ3v) is 8.77. The van der Waals surface area contributed by atoms with Crippen molar-refractivity contribution in [1.29, 1.82) is 0 Å². The molecule has 0 aliphatic heterocycles. The van der Waals surface area contributed by atoms with E-state index < -0.39 is 11.9 Å². The summed E-state index contributed by atoms with van der Waals surface area (Å²) >= 11 is 0. The molecule has 0 saturated heterocycles. The molecule has 10 nitrogen and oxygen atoms in total. The molecule has 0 aliphatic carbocycles. The molecule has 2 aromatic heterocycles. The lowest BCUT2D eigenvalue weighted by Gasteiger charge is -2.19. The Morgan fingerprint density at radius 2 is 0.708 bits per heavy atom. The average Bonchev–Trinajstić information content (AvgIpc) is 3.64. The minimum absolute atomic E-state index is 0.177. The summed E-state index contributed by atoms with van der Waals surface area (Å²) < 4.78 is 36.8. The summed E-state index contributed by atoms with van der Waals surface area (Å²) in [5.41, 5.74) is 4.56. The number of hydrogen-bond donors (Lipinski definition) is 0. The normalized spacial score (nSPS) is 11.3. The molecule has 0 amide bonds. The number of ether oxygens (including phenoxy) is 6. The fraction of sp³-hybridized carbons (Fsp3) is 0.158. The minimum atomic E-state index is -0.615. The highest BCUT2D eigenvalue weighted by molar-refractivity contribution is 6.13. The molecule has 10 heteroatoms. The van der Waals surface area contributed by atoms with Crippen LogP contribution in [0, 0.1) is 0 Å². The van der Waals surface area contributed by atoms with Gasteiger partial charge in [-0.05, 0) is 84.9 Å². The van der Waals surface area contributed by atoms with Crippen molar-refractivity contribution in [3.63, 3.8) is 0 Å². The summed E-state index contributed by atoms with van der Waals surface area (Å²) in [6.07, 6.45) is 0. The number of aromatic nitrogens is 2. The van der Waals surface area contributed by atoms with Crippen LogP contribution in [-0.2, 0) is 9.47 Å². The second kappa shape index (κ2) is 11.9. The molecule has 0 fully saturated rings. The zero-order chi connectivity index (χ0) is 33.7. The third-order valence-electron chi connectivity index (χ3n) is 8.77. The zero-order valence-corrected chi connectivity index (χ0v) is 27.2. The van der Waals surface area contributed by atoms with Crippen LogP contribution < -0.4 is 18.9 Å². The van der Waals surface area contributed by atoms with E-state index in [1.165, 1.54) is 20.3 Å². The second-order valence-electron chi connectivity index (χ2n) is 11.1. The Morgan fingerprint density at radius 3 is 0.958 bits per heavy atom. The molecule has 7 rings (SSSR count). The Hall–Kier alpha value is -6.16. The van der Waals surface area contributed by atoms with Crippen molar-refractivity contribution >= 4 is 55.6 Å². The van der Waals surface area contributed by atoms with Gasteiger partial charge >= 0.3 is 11.9 Å². The Labute approximate surface area is 275 Å². The van der Waals surface area contributed by atoms with E-state index in [-0.39, 0.29) is 11.1 Å². The maximum atomic E-state index is 13.6. The summed E-state index contributed by atoms with van der Waals surface area (Å²) in [7, 11) is 9.09. The van der Waals surface area contributed by atoms with E-state index in [2.05, 4.69) is 0 Å². The van der Waals surface area contributed by atoms with E-state index in [9.17, 15) is 9.59 Å². The van der Waals surface area contributed by atoms with Gasteiger partial charge in [0.15, 0.2) is 0 Å². The van der Waals surface area contributed by atoms with Gasteiger partial charge in [0.25, 0.3) is 0 Å². The first-order valence-corrected chi connectivity index (χ1v) is 15.0. The van der Waals surface area contributed by atoms with Crippen LogP contribution in [0.3, 0.4) is 0 Å². The van der Waals surface area contributed by atoms with E-state index >= 15 is 0 Å². The standard InChI is InChI=1S/C38H32N2O8/c1-43-21-7-11-31-25(15-21)26-16-22(44-2)8-12-32(26)39(31)35-20-36(30(38(42)48-6)19-29(35)37(41)47-5)40-33-13-9-23(45-3)17-27(33)28-18-24(46-4)10-14-34(28)40/h7-20H,1-6H3. The average molecular weight is 645 g/mol. The zero-order valence-electron chi connectivity index (χ0n) is 27.2. The molecule has 0 saturated carbocycles. The SMILES string of the molecule is COC(=O)c1cc(C(=O)OC)c(-n2c3ccc(OC)cc3c3cc(OC)ccc32)cc1-n1c2ccc(OC)cc2c2cc(OC)ccc21. The number of fused-ring (bicyclic) bond motifs is 6. The van der Waals surface area contributed by atoms with Gasteiger partial charge in [-0.1, -0.05) is 0 Å². The van der Waals surface area contributed by atoms with Crippen molar-refractivity contribution in [3.8, 4) is 34.4 Å². The van der Waals surface area contributed by atoms with Gasteiger partial charge in [0.1, 0.15) is 23.0 Å². The Kier molecular flexibility index (Phi) is 7.55. The number of methoxy groups -OCH3 is 6. The maximum Gasteiger partial charge on any atom is 0.340 e. The number of carbonyl (C=O) groups excluding carboxylic acids is 2. The Balaban J connectivity index is 1.66. The molecular weight excluding hydrogens is 612 g/mol. The number of benzene rings is 5. The quantitative estimate of drug-likeness (QED) is 0.157. The lowest BCUT2D eigenvalue weighted by Crippen LogP contribution is -2.15. The molecule has 48 heavy (non-hydrogen) atoms. The molecular formula is C38H32N2O8. The molecule has 0 atom stereocenters. The van der Waals surface area contributed by atoms with Crippen molar-refractivity contribution in [2.24, 2.45) is 0 Å². The largest absolute Gasteiger partial charge is 0.497 e. The summed E-state index contributed by atoms with van der Waals surface area (Å²) in [4.78, 5) is 27.1. The van der Waals surface area contributed by atoms with Gasteiger partial charge in [-0.15, -0.1) is 0 Å². The molecule has 242 valence electrons. The first kappa shape index (κ1) is 30.5. The molecule has 0 bridgehead atoms. The molecule has 0 aliphatic rings. The van der Waals surface area contributed by atoms with Crippen LogP contribution >= 0.6 is 0 Å². The van der Waals surface area contributed by atoms with Gasteiger partial charge in [-0.3, -0.25) is 0 Å². The first-order chi connectivity index (χ1) is 23.3. The van der Waals surface area contributed by atoms with Crippen LogP contribution in [-0.4, -0.2) is 63.7 Å². The molecule has 0 unspecified atom stereocenters. The lowest BCUT2D eigenvalue weighted by atomic mass is 10.0. The van der Waals surface area contributed by atoms with E-state index in [1.54, 1.807) is 28.4 Å². The van der Waals surface area contributed by atoms with Crippen molar-refractivity contribution in [2.75, 3.05) is 42.7 Å². The molecule has 0 radical (unpaired) electrons. The van der Waals surface area contributed by atoms with Gasteiger partial charge in [0, 0.05) is 21.5 Å². The van der Waals surface area contributed by atoms with Gasteiger partial charge in [-0.25, -0.2) is 9.59 Å². The fourth-order valence-corrected chi connectivity index (χ4v) is 6.48. The Morgan fingerprint density at radius 1 is 0.417 bits per heavy atom. The minimum Gasteiger partial charge on any atom is -0.497 e. The van der Waals surface area contributed by atoms with E-state index in [1.807, 2.05) is 88.0 Å². The molecule has 2 heterocycles. The van der Waals surface area contributed by atoms with Crippen molar-refractivity contribution in [2.45, 2.75) is 0 Å². The van der Waals surface area contributed by atoms with Crippen LogP contribution in [0.4, 0.5) is 0 Å². The first-order valence-electron chi connectivity index (χ1n) is 15.0. The summed E-state index contributed by atoms with van der Waals surface area (Å²) in [5, 5.41) is 3.53. The Bertz CT molecular complexity index is 2130. The van der Waals surface area contributed by atoms with E-state index in [0.717, 1.165) is 43.6 Å². The number of hydrogen-bond acceptors (Lipinski definition) is 8. The van der Waals surface area contributed by atoms with E-state index in [4.69, 9.17) is 28.4 Å². The van der Waals surface area contributed by atoms with Gasteiger partial charge in [0.05, 0.1) is 87.2 Å². The third kappa shape index (κ3) is 4.64. The predicted octanol–water partition coefficient (Wildman–Crippen LogP) is 7.49. The molecule has 0 N–H and O–H groups in total. The van der Waals surface area contributed by atoms with Crippen LogP contribution in [0.15, 0.2) is 84.9 Å². The smallest absolute Gasteiger partial charge is 0.340 e. The van der Waals surface area contributed by atoms with E-state index in [0.29, 0.717) is 34.4 Å². The highest BCUT2D eigenvalue weighted by atomic mass is 16.5. The molecule has 5 aromatic carbocycles. The van der Waals surface area contributed by atoms with Gasteiger partial charge in [0.2, 0.25) is 0 Å². The number of rotatable bonds is 8. The van der Waals surface area contributed by atoms with Crippen LogP contribution in [0.1, 0.15) is 20.7 Å². The molecule has 7 aromatic rings. The van der Waals surface area contributed by atoms with Crippen molar-refractivity contribution < 1.29 is 38.0 Å². The molecule has 0 spiro atoms. The lowest BCUT2D eigenvalue weighted by molar-refractivity contribution is 0.0599. The number of carbonyl (C=O) groups is 2. The van der Waals surface area contributed by atoms with Crippen LogP contribution in [0.2, 0.25) is 0 Å². The van der Waals surface area contributed by atoms with Crippen LogP contribution in [0.5, 0.6) is 23.0 Å². The fourth-order valence-electron chi connectivity index (χ4n) is 6.48. The van der Waals surface area contributed by atoms with Crippen LogP contribution in [0.25, 0.3) is 55.0 Å². The monoisotopic (exact) mass is 644 g/mol. The number of nitrogens with zero attached hydrogens (tertiary/aromatic N) is 2. The van der Waals surface area contributed by atoms with Crippen molar-refractivity contribution in [3.05, 3.63) is 96.1 Å².